The summed E-state index contributed by atoms with van der Waals surface area (Å²) in [5, 5.41) is 3.50. The largest absolute Gasteiger partial charge is 0.477 e. The fourth-order valence-corrected chi connectivity index (χ4v) is 2.77. The van der Waals surface area contributed by atoms with Crippen molar-refractivity contribution >= 4 is 11.3 Å². The van der Waals surface area contributed by atoms with Crippen molar-refractivity contribution in [3.63, 3.8) is 0 Å². The number of nitrogens with zero attached hydrogens (tertiary/aromatic N) is 2. The number of thiazole rings is 1. The van der Waals surface area contributed by atoms with Gasteiger partial charge >= 0.3 is 0 Å². The standard InChI is InChI=1S/C15H19N3OS/c1-11-14(20-10-18-11)5-7-19-15-8-12(4-6-16-15)9-17-13-2-3-13/h4,6,8,10,13,17H,2-3,5,7,9H2,1H3. The lowest BCUT2D eigenvalue weighted by molar-refractivity contribution is 0.309. The zero-order valence-corrected chi connectivity index (χ0v) is 12.4. The lowest BCUT2D eigenvalue weighted by Gasteiger charge is -2.07. The molecule has 0 unspecified atom stereocenters. The molecule has 0 spiro atoms. The summed E-state index contributed by atoms with van der Waals surface area (Å²) in [7, 11) is 0. The van der Waals surface area contributed by atoms with Crippen LogP contribution in [0.3, 0.4) is 0 Å². The normalized spacial score (nSPS) is 14.4. The van der Waals surface area contributed by atoms with E-state index in [2.05, 4.69) is 15.3 Å². The third kappa shape index (κ3) is 3.77. The quantitative estimate of drug-likeness (QED) is 0.851. The van der Waals surface area contributed by atoms with Gasteiger partial charge in [0.2, 0.25) is 5.88 Å². The second kappa shape index (κ2) is 6.33. The number of aromatic nitrogens is 2. The molecule has 0 bridgehead atoms. The van der Waals surface area contributed by atoms with E-state index in [-0.39, 0.29) is 0 Å². The minimum absolute atomic E-state index is 0.648. The zero-order chi connectivity index (χ0) is 13.8. The van der Waals surface area contributed by atoms with E-state index >= 15 is 0 Å². The Labute approximate surface area is 123 Å². The van der Waals surface area contributed by atoms with Gasteiger partial charge in [-0.05, 0) is 31.4 Å². The van der Waals surface area contributed by atoms with E-state index in [0.29, 0.717) is 12.5 Å². The topological polar surface area (TPSA) is 47.0 Å². The van der Waals surface area contributed by atoms with Crippen molar-refractivity contribution in [2.45, 2.75) is 38.8 Å². The van der Waals surface area contributed by atoms with Crippen molar-refractivity contribution in [1.29, 1.82) is 0 Å². The Balaban J connectivity index is 1.49. The minimum Gasteiger partial charge on any atom is -0.477 e. The number of aryl methyl sites for hydroxylation is 1. The molecule has 1 aliphatic carbocycles. The van der Waals surface area contributed by atoms with Gasteiger partial charge in [-0.2, -0.15) is 0 Å². The van der Waals surface area contributed by atoms with Crippen molar-refractivity contribution in [3.8, 4) is 5.88 Å². The first kappa shape index (κ1) is 13.5. The average molecular weight is 289 g/mol. The number of ether oxygens (including phenoxy) is 1. The Bertz CT molecular complexity index is 566. The van der Waals surface area contributed by atoms with Crippen molar-refractivity contribution in [2.24, 2.45) is 0 Å². The molecule has 0 aliphatic heterocycles. The fourth-order valence-electron chi connectivity index (χ4n) is 2.00. The van der Waals surface area contributed by atoms with E-state index in [1.807, 2.05) is 30.8 Å². The minimum atomic E-state index is 0.648. The van der Waals surface area contributed by atoms with Crippen LogP contribution in [0.5, 0.6) is 5.88 Å². The summed E-state index contributed by atoms with van der Waals surface area (Å²) in [4.78, 5) is 9.79. The van der Waals surface area contributed by atoms with Gasteiger partial charge in [-0.25, -0.2) is 9.97 Å². The Kier molecular flexibility index (Phi) is 4.28. The van der Waals surface area contributed by atoms with Gasteiger partial charge in [0.1, 0.15) is 0 Å². The summed E-state index contributed by atoms with van der Waals surface area (Å²) in [5.74, 6) is 0.710. The van der Waals surface area contributed by atoms with Crippen LogP contribution in [0, 0.1) is 6.92 Å². The summed E-state index contributed by atoms with van der Waals surface area (Å²) >= 11 is 1.68. The van der Waals surface area contributed by atoms with Crippen LogP contribution in [0.4, 0.5) is 0 Å². The van der Waals surface area contributed by atoms with Gasteiger partial charge in [0.05, 0.1) is 17.8 Å². The second-order valence-electron chi connectivity index (χ2n) is 5.12. The Hall–Kier alpha value is -1.46. The monoisotopic (exact) mass is 289 g/mol. The molecule has 1 N–H and O–H groups in total. The highest BCUT2D eigenvalue weighted by molar-refractivity contribution is 7.09. The Morgan fingerprint density at radius 3 is 3.05 bits per heavy atom. The highest BCUT2D eigenvalue weighted by atomic mass is 32.1. The molecule has 106 valence electrons. The van der Waals surface area contributed by atoms with Crippen LogP contribution >= 0.6 is 11.3 Å². The van der Waals surface area contributed by atoms with Gasteiger partial charge in [-0.3, -0.25) is 0 Å². The lowest BCUT2D eigenvalue weighted by Crippen LogP contribution is -2.15. The van der Waals surface area contributed by atoms with Gasteiger partial charge in [0.15, 0.2) is 0 Å². The number of nitrogens with one attached hydrogen (secondary N) is 1. The molecule has 0 amide bonds. The molecule has 2 aromatic rings. The maximum atomic E-state index is 5.74. The molecule has 1 saturated carbocycles. The third-order valence-electron chi connectivity index (χ3n) is 3.40. The number of hydrogen-bond acceptors (Lipinski definition) is 5. The highest BCUT2D eigenvalue weighted by Crippen LogP contribution is 2.20. The van der Waals surface area contributed by atoms with Gasteiger partial charge in [0, 0.05) is 36.1 Å². The first-order valence-corrected chi connectivity index (χ1v) is 7.89. The maximum absolute atomic E-state index is 5.74. The molecule has 4 nitrogen and oxygen atoms in total. The van der Waals surface area contributed by atoms with Gasteiger partial charge in [-0.15, -0.1) is 11.3 Å². The molecule has 0 radical (unpaired) electrons. The van der Waals surface area contributed by atoms with E-state index in [0.717, 1.165) is 24.7 Å². The van der Waals surface area contributed by atoms with Crippen LogP contribution in [0.1, 0.15) is 29.0 Å². The molecule has 20 heavy (non-hydrogen) atoms. The predicted octanol–water partition coefficient (Wildman–Crippen LogP) is 2.72. The van der Waals surface area contributed by atoms with Crippen molar-refractivity contribution in [2.75, 3.05) is 6.61 Å². The van der Waals surface area contributed by atoms with E-state index < -0.39 is 0 Å². The average Bonchev–Trinajstić information content (AvgIpc) is 3.20. The molecule has 5 heteroatoms. The van der Waals surface area contributed by atoms with Crippen molar-refractivity contribution < 1.29 is 4.74 Å². The highest BCUT2D eigenvalue weighted by Gasteiger charge is 2.19. The number of pyridine rings is 1. The summed E-state index contributed by atoms with van der Waals surface area (Å²) in [6.07, 6.45) is 5.32. The van der Waals surface area contributed by atoms with Crippen molar-refractivity contribution in [1.82, 2.24) is 15.3 Å². The van der Waals surface area contributed by atoms with Crippen LogP contribution in [0.15, 0.2) is 23.8 Å². The lowest BCUT2D eigenvalue weighted by atomic mass is 10.2. The molecule has 0 atom stereocenters. The van der Waals surface area contributed by atoms with E-state index in [1.165, 1.54) is 23.3 Å². The molecule has 3 rings (SSSR count). The third-order valence-corrected chi connectivity index (χ3v) is 4.39. The first-order valence-electron chi connectivity index (χ1n) is 7.01. The van der Waals surface area contributed by atoms with E-state index in [9.17, 15) is 0 Å². The fraction of sp³-hybridized carbons (Fsp3) is 0.467. The molecule has 2 heterocycles. The summed E-state index contributed by atoms with van der Waals surface area (Å²) < 4.78 is 5.74. The predicted molar refractivity (Wildman–Crippen MR) is 80.1 cm³/mol. The SMILES string of the molecule is Cc1ncsc1CCOc1cc(CNC2CC2)ccn1. The number of hydrogen-bond donors (Lipinski definition) is 1. The summed E-state index contributed by atoms with van der Waals surface area (Å²) in [5.41, 5.74) is 4.22. The van der Waals surface area contributed by atoms with Gasteiger partial charge < -0.3 is 10.1 Å². The van der Waals surface area contributed by atoms with Gasteiger partial charge in [0.25, 0.3) is 0 Å². The van der Waals surface area contributed by atoms with Crippen LogP contribution in [-0.4, -0.2) is 22.6 Å². The van der Waals surface area contributed by atoms with E-state index in [1.54, 1.807) is 11.3 Å². The van der Waals surface area contributed by atoms with E-state index in [4.69, 9.17) is 4.74 Å². The molecular formula is C15H19N3OS. The van der Waals surface area contributed by atoms with Crippen molar-refractivity contribution in [3.05, 3.63) is 40.0 Å². The van der Waals surface area contributed by atoms with Crippen LogP contribution in [0.25, 0.3) is 0 Å². The Morgan fingerprint density at radius 1 is 1.40 bits per heavy atom. The smallest absolute Gasteiger partial charge is 0.213 e. The number of rotatable bonds is 7. The maximum Gasteiger partial charge on any atom is 0.213 e. The Morgan fingerprint density at radius 2 is 2.30 bits per heavy atom. The van der Waals surface area contributed by atoms with Crippen LogP contribution in [-0.2, 0) is 13.0 Å². The summed E-state index contributed by atoms with van der Waals surface area (Å²) in [6.45, 7) is 3.58. The zero-order valence-electron chi connectivity index (χ0n) is 11.6. The first-order chi connectivity index (χ1) is 9.81. The van der Waals surface area contributed by atoms with Gasteiger partial charge in [-0.1, -0.05) is 0 Å². The van der Waals surface area contributed by atoms with Crippen LogP contribution < -0.4 is 10.1 Å². The molecule has 1 fully saturated rings. The second-order valence-corrected chi connectivity index (χ2v) is 6.06. The molecule has 1 aliphatic rings. The molecular weight excluding hydrogens is 270 g/mol. The molecule has 2 aromatic heterocycles. The summed E-state index contributed by atoms with van der Waals surface area (Å²) in [6, 6.07) is 4.78. The molecule has 0 aromatic carbocycles. The van der Waals surface area contributed by atoms with Crippen LogP contribution in [0.2, 0.25) is 0 Å². The molecule has 0 saturated heterocycles.